The van der Waals surface area contributed by atoms with Gasteiger partial charge in [0.25, 0.3) is 0 Å². The molecule has 1 heterocycles. The van der Waals surface area contributed by atoms with E-state index in [0.29, 0.717) is 19.3 Å². The van der Waals surface area contributed by atoms with Crippen LogP contribution in [0.1, 0.15) is 12.8 Å². The molecule has 4 heteroatoms. The molecule has 4 nitrogen and oxygen atoms in total. The van der Waals surface area contributed by atoms with Crippen molar-refractivity contribution in [2.24, 2.45) is 0 Å². The van der Waals surface area contributed by atoms with E-state index in [0.717, 1.165) is 0 Å². The van der Waals surface area contributed by atoms with E-state index in [1.165, 1.54) is 0 Å². The van der Waals surface area contributed by atoms with Gasteiger partial charge in [-0.25, -0.2) is 0 Å². The first kappa shape index (κ1) is 7.65. The van der Waals surface area contributed by atoms with E-state index in [-0.39, 0.29) is 6.42 Å². The molecule has 1 unspecified atom stereocenters. The molecule has 0 bridgehead atoms. The fourth-order valence-electron chi connectivity index (χ4n) is 1.08. The second-order valence-electron chi connectivity index (χ2n) is 2.55. The number of aldehydes is 1. The summed E-state index contributed by atoms with van der Waals surface area (Å²) in [5, 5.41) is 20.9. The summed E-state index contributed by atoms with van der Waals surface area (Å²) in [5.74, 6) is -1.83. The van der Waals surface area contributed by atoms with Gasteiger partial charge in [0.15, 0.2) is 5.79 Å². The second-order valence-corrected chi connectivity index (χ2v) is 2.55. The summed E-state index contributed by atoms with van der Waals surface area (Å²) in [5.41, 5.74) is 0. The minimum atomic E-state index is -1.83. The van der Waals surface area contributed by atoms with E-state index in [1.807, 2.05) is 0 Å². The third kappa shape index (κ3) is 1.34. The van der Waals surface area contributed by atoms with Crippen LogP contribution in [0, 0.1) is 0 Å². The Hall–Kier alpha value is -0.450. The molecule has 1 fully saturated rings. The van der Waals surface area contributed by atoms with E-state index >= 15 is 0 Å². The number of carbonyl (C=O) groups excluding carboxylic acids is 1. The fraction of sp³-hybridized carbons (Fsp3) is 0.833. The van der Waals surface area contributed by atoms with Crippen molar-refractivity contribution >= 4 is 6.29 Å². The summed E-state index contributed by atoms with van der Waals surface area (Å²) in [7, 11) is 0. The van der Waals surface area contributed by atoms with Gasteiger partial charge in [-0.15, -0.1) is 0 Å². The Morgan fingerprint density at radius 3 is 2.70 bits per heavy atom. The number of aliphatic hydroxyl groups is 2. The van der Waals surface area contributed by atoms with Gasteiger partial charge in [-0.1, -0.05) is 0 Å². The molecule has 1 aliphatic heterocycles. The Kier molecular flexibility index (Phi) is 2.03. The molecular weight excluding hydrogens is 134 g/mol. The first-order chi connectivity index (χ1) is 4.67. The molecule has 0 aromatic heterocycles. The molecule has 0 spiro atoms. The van der Waals surface area contributed by atoms with Gasteiger partial charge in [-0.2, -0.15) is 0 Å². The summed E-state index contributed by atoms with van der Waals surface area (Å²) in [6.07, 6.45) is 1.49. The Balaban J connectivity index is 2.59. The van der Waals surface area contributed by atoms with Crippen molar-refractivity contribution in [1.82, 2.24) is 5.32 Å². The van der Waals surface area contributed by atoms with Gasteiger partial charge in [0.05, 0.1) is 0 Å². The number of hydrogen-bond donors (Lipinski definition) is 3. The Bertz CT molecular complexity index is 135. The van der Waals surface area contributed by atoms with Crippen LogP contribution < -0.4 is 5.32 Å². The Labute approximate surface area is 58.9 Å². The fourth-order valence-corrected chi connectivity index (χ4v) is 1.08. The van der Waals surface area contributed by atoms with Gasteiger partial charge < -0.3 is 20.3 Å². The van der Waals surface area contributed by atoms with Crippen LogP contribution in [0.25, 0.3) is 0 Å². The molecule has 0 aromatic rings. The molecule has 1 atom stereocenters. The molecule has 0 saturated carbocycles. The molecule has 0 radical (unpaired) electrons. The molecule has 10 heavy (non-hydrogen) atoms. The summed E-state index contributed by atoms with van der Waals surface area (Å²) in [6, 6.07) is -0.818. The number of carbonyl (C=O) groups is 1. The molecule has 58 valence electrons. The Morgan fingerprint density at radius 2 is 2.30 bits per heavy atom. The number of piperidine rings is 1. The van der Waals surface area contributed by atoms with Crippen LogP contribution in [0.4, 0.5) is 0 Å². The van der Waals surface area contributed by atoms with Crippen molar-refractivity contribution in [2.75, 3.05) is 6.54 Å². The third-order valence-corrected chi connectivity index (χ3v) is 1.72. The van der Waals surface area contributed by atoms with Gasteiger partial charge in [0.1, 0.15) is 12.3 Å². The average Bonchev–Trinajstić information content (AvgIpc) is 1.87. The van der Waals surface area contributed by atoms with Crippen molar-refractivity contribution in [3.63, 3.8) is 0 Å². The quantitative estimate of drug-likeness (QED) is 0.314. The van der Waals surface area contributed by atoms with Crippen LogP contribution in [0.15, 0.2) is 0 Å². The lowest BCUT2D eigenvalue weighted by atomic mass is 9.99. The van der Waals surface area contributed by atoms with Crippen LogP contribution >= 0.6 is 0 Å². The van der Waals surface area contributed by atoms with Crippen molar-refractivity contribution in [1.29, 1.82) is 0 Å². The van der Waals surface area contributed by atoms with Crippen LogP contribution in [0.2, 0.25) is 0 Å². The highest BCUT2D eigenvalue weighted by atomic mass is 16.5. The molecule has 0 aliphatic carbocycles. The molecule has 1 rings (SSSR count). The predicted octanol–water partition coefficient (Wildman–Crippen LogP) is -1.38. The topological polar surface area (TPSA) is 69.6 Å². The molecular formula is C6H11NO3. The smallest absolute Gasteiger partial charge is 0.185 e. The van der Waals surface area contributed by atoms with E-state index in [2.05, 4.69) is 5.32 Å². The van der Waals surface area contributed by atoms with Gasteiger partial charge in [-0.3, -0.25) is 0 Å². The maximum Gasteiger partial charge on any atom is 0.185 e. The number of nitrogens with one attached hydrogen (secondary N) is 1. The first-order valence-electron chi connectivity index (χ1n) is 3.30. The predicted molar refractivity (Wildman–Crippen MR) is 34.3 cm³/mol. The van der Waals surface area contributed by atoms with Crippen molar-refractivity contribution in [3.8, 4) is 0 Å². The second kappa shape index (κ2) is 2.65. The van der Waals surface area contributed by atoms with Gasteiger partial charge in [0, 0.05) is 6.42 Å². The van der Waals surface area contributed by atoms with Crippen molar-refractivity contribution < 1.29 is 15.0 Å². The normalized spacial score (nSPS) is 31.6. The number of hydrogen-bond acceptors (Lipinski definition) is 4. The maximum absolute atomic E-state index is 10.2. The third-order valence-electron chi connectivity index (χ3n) is 1.72. The lowest BCUT2D eigenvalue weighted by Crippen LogP contribution is -2.55. The van der Waals surface area contributed by atoms with Gasteiger partial charge in [-0.05, 0) is 13.0 Å². The Morgan fingerprint density at radius 1 is 1.60 bits per heavy atom. The van der Waals surface area contributed by atoms with E-state index in [4.69, 9.17) is 10.2 Å². The highest BCUT2D eigenvalue weighted by Gasteiger charge is 2.36. The van der Waals surface area contributed by atoms with Gasteiger partial charge in [0.2, 0.25) is 0 Å². The largest absolute Gasteiger partial charge is 0.364 e. The first-order valence-corrected chi connectivity index (χ1v) is 3.30. The zero-order valence-corrected chi connectivity index (χ0v) is 5.58. The van der Waals surface area contributed by atoms with Crippen molar-refractivity contribution in [2.45, 2.75) is 24.7 Å². The van der Waals surface area contributed by atoms with E-state index in [9.17, 15) is 4.79 Å². The van der Waals surface area contributed by atoms with Crippen LogP contribution in [0.3, 0.4) is 0 Å². The zero-order valence-electron chi connectivity index (χ0n) is 5.58. The zero-order chi connectivity index (χ0) is 7.61. The molecule has 1 aliphatic rings. The number of rotatable bonds is 1. The van der Waals surface area contributed by atoms with Crippen LogP contribution in [-0.4, -0.2) is 34.9 Å². The molecule has 1 saturated heterocycles. The van der Waals surface area contributed by atoms with E-state index < -0.39 is 11.8 Å². The minimum Gasteiger partial charge on any atom is -0.364 e. The molecule has 3 N–H and O–H groups in total. The minimum absolute atomic E-state index is 0.267. The van der Waals surface area contributed by atoms with Crippen LogP contribution in [-0.2, 0) is 4.79 Å². The highest BCUT2D eigenvalue weighted by molar-refractivity contribution is 5.59. The lowest BCUT2D eigenvalue weighted by molar-refractivity contribution is -0.194. The summed E-state index contributed by atoms with van der Waals surface area (Å²) in [6.45, 7) is 0.673. The maximum atomic E-state index is 10.2. The summed E-state index contributed by atoms with van der Waals surface area (Å²) < 4.78 is 0. The monoisotopic (exact) mass is 145 g/mol. The standard InChI is InChI=1S/C6H11NO3/c8-4-5-6(9,10)2-1-3-7-5/h4-5,7,9-10H,1-3H2. The van der Waals surface area contributed by atoms with Crippen LogP contribution in [0.5, 0.6) is 0 Å². The van der Waals surface area contributed by atoms with E-state index in [1.54, 1.807) is 0 Å². The van der Waals surface area contributed by atoms with Crippen molar-refractivity contribution in [3.05, 3.63) is 0 Å². The molecule has 0 amide bonds. The summed E-state index contributed by atoms with van der Waals surface area (Å²) >= 11 is 0. The molecule has 0 aromatic carbocycles. The lowest BCUT2D eigenvalue weighted by Gasteiger charge is -2.32. The van der Waals surface area contributed by atoms with Gasteiger partial charge >= 0.3 is 0 Å². The SMILES string of the molecule is O=CC1NCCCC1(O)O. The highest BCUT2D eigenvalue weighted by Crippen LogP contribution is 2.16. The summed E-state index contributed by atoms with van der Waals surface area (Å²) in [4.78, 5) is 10.2. The average molecular weight is 145 g/mol.